The van der Waals surface area contributed by atoms with Crippen LogP contribution in [0.15, 0.2) is 63.8 Å². The van der Waals surface area contributed by atoms with Crippen LogP contribution in [0, 0.1) is 0 Å². The molecule has 104 valence electrons. The molecule has 3 N–H and O–H groups in total. The van der Waals surface area contributed by atoms with E-state index in [0.717, 1.165) is 0 Å². The SMILES string of the molecule is Nc1ccccc1NC(=O)c1cc2ccccc2oc1=O. The molecule has 2 aromatic carbocycles. The topological polar surface area (TPSA) is 85.3 Å². The third-order valence-electron chi connectivity index (χ3n) is 3.10. The predicted octanol–water partition coefficient (Wildman–Crippen LogP) is 2.63. The number of carbonyl (C=O) groups excluding carboxylic acids is 1. The molecule has 5 nitrogen and oxygen atoms in total. The molecule has 3 aromatic rings. The van der Waals surface area contributed by atoms with Gasteiger partial charge >= 0.3 is 5.63 Å². The molecule has 0 saturated heterocycles. The highest BCUT2D eigenvalue weighted by atomic mass is 16.4. The lowest BCUT2D eigenvalue weighted by Gasteiger charge is -2.07. The third-order valence-corrected chi connectivity index (χ3v) is 3.10. The van der Waals surface area contributed by atoms with Gasteiger partial charge in [-0.1, -0.05) is 30.3 Å². The van der Waals surface area contributed by atoms with Gasteiger partial charge in [0.15, 0.2) is 0 Å². The molecule has 0 spiro atoms. The number of fused-ring (bicyclic) bond motifs is 1. The van der Waals surface area contributed by atoms with Gasteiger partial charge < -0.3 is 15.5 Å². The molecule has 0 saturated carbocycles. The first-order chi connectivity index (χ1) is 10.1. The summed E-state index contributed by atoms with van der Waals surface area (Å²) in [5.74, 6) is -0.549. The van der Waals surface area contributed by atoms with Crippen LogP contribution in [0.2, 0.25) is 0 Å². The normalized spacial score (nSPS) is 10.5. The number of rotatable bonds is 2. The second-order valence-electron chi connectivity index (χ2n) is 4.53. The number of hydrogen-bond donors (Lipinski definition) is 2. The van der Waals surface area contributed by atoms with E-state index in [4.69, 9.17) is 10.2 Å². The van der Waals surface area contributed by atoms with E-state index in [1.807, 2.05) is 0 Å². The third kappa shape index (κ3) is 2.49. The van der Waals surface area contributed by atoms with E-state index in [1.165, 1.54) is 6.07 Å². The Morgan fingerprint density at radius 2 is 1.76 bits per heavy atom. The molecule has 0 fully saturated rings. The van der Waals surface area contributed by atoms with E-state index in [9.17, 15) is 9.59 Å². The fraction of sp³-hybridized carbons (Fsp3) is 0. The minimum absolute atomic E-state index is 0.0584. The van der Waals surface area contributed by atoms with E-state index >= 15 is 0 Å². The molecule has 0 aliphatic rings. The van der Waals surface area contributed by atoms with E-state index in [0.29, 0.717) is 22.3 Å². The number of nitrogens with one attached hydrogen (secondary N) is 1. The van der Waals surface area contributed by atoms with Crippen molar-refractivity contribution in [2.45, 2.75) is 0 Å². The quantitative estimate of drug-likeness (QED) is 0.558. The zero-order valence-electron chi connectivity index (χ0n) is 11.0. The fourth-order valence-electron chi connectivity index (χ4n) is 2.02. The van der Waals surface area contributed by atoms with Crippen LogP contribution in [-0.4, -0.2) is 5.91 Å². The van der Waals surface area contributed by atoms with Crippen LogP contribution in [0.25, 0.3) is 11.0 Å². The van der Waals surface area contributed by atoms with Gasteiger partial charge in [0.05, 0.1) is 11.4 Å². The van der Waals surface area contributed by atoms with E-state index in [2.05, 4.69) is 5.32 Å². The molecule has 0 bridgehead atoms. The largest absolute Gasteiger partial charge is 0.422 e. The zero-order valence-corrected chi connectivity index (χ0v) is 11.0. The number of nitrogens with two attached hydrogens (primary N) is 1. The van der Waals surface area contributed by atoms with Gasteiger partial charge in [-0.25, -0.2) is 4.79 Å². The summed E-state index contributed by atoms with van der Waals surface area (Å²) < 4.78 is 5.13. The first-order valence-corrected chi connectivity index (χ1v) is 6.34. The molecule has 21 heavy (non-hydrogen) atoms. The second-order valence-corrected chi connectivity index (χ2v) is 4.53. The summed E-state index contributed by atoms with van der Waals surface area (Å²) >= 11 is 0. The van der Waals surface area contributed by atoms with E-state index in [-0.39, 0.29) is 5.56 Å². The van der Waals surface area contributed by atoms with Crippen molar-refractivity contribution >= 4 is 28.3 Å². The molecule has 5 heteroatoms. The molecular weight excluding hydrogens is 268 g/mol. The van der Waals surface area contributed by atoms with Crippen molar-refractivity contribution in [2.24, 2.45) is 0 Å². The maximum atomic E-state index is 12.2. The Labute approximate surface area is 120 Å². The minimum Gasteiger partial charge on any atom is -0.422 e. The zero-order chi connectivity index (χ0) is 14.8. The van der Waals surface area contributed by atoms with Gasteiger partial charge in [-0.2, -0.15) is 0 Å². The number of nitrogen functional groups attached to an aromatic ring is 1. The maximum absolute atomic E-state index is 12.2. The summed E-state index contributed by atoms with van der Waals surface area (Å²) in [6.45, 7) is 0. The van der Waals surface area contributed by atoms with Crippen molar-refractivity contribution < 1.29 is 9.21 Å². The summed E-state index contributed by atoms with van der Waals surface area (Å²) in [4.78, 5) is 24.1. The van der Waals surface area contributed by atoms with Gasteiger partial charge in [-0.3, -0.25) is 4.79 Å². The fourth-order valence-corrected chi connectivity index (χ4v) is 2.02. The van der Waals surface area contributed by atoms with Crippen LogP contribution >= 0.6 is 0 Å². The molecule has 0 atom stereocenters. The number of amides is 1. The lowest BCUT2D eigenvalue weighted by Crippen LogP contribution is -2.21. The molecule has 3 rings (SSSR count). The molecular formula is C16H12N2O3. The number of benzene rings is 2. The van der Waals surface area contributed by atoms with E-state index < -0.39 is 11.5 Å². The Balaban J connectivity index is 2.00. The van der Waals surface area contributed by atoms with Crippen LogP contribution in [0.1, 0.15) is 10.4 Å². The van der Waals surface area contributed by atoms with Gasteiger partial charge in [-0.15, -0.1) is 0 Å². The standard InChI is InChI=1S/C16H12N2O3/c17-12-6-2-3-7-13(12)18-15(19)11-9-10-5-1-4-8-14(10)21-16(11)20/h1-9H,17H2,(H,18,19). The predicted molar refractivity (Wildman–Crippen MR) is 81.3 cm³/mol. The van der Waals surface area contributed by atoms with Crippen LogP contribution < -0.4 is 16.7 Å². The van der Waals surface area contributed by atoms with Crippen molar-refractivity contribution in [3.8, 4) is 0 Å². The Bertz CT molecular complexity index is 884. The number of hydrogen-bond acceptors (Lipinski definition) is 4. The average Bonchev–Trinajstić information content (AvgIpc) is 2.49. The van der Waals surface area contributed by atoms with Crippen molar-refractivity contribution in [1.29, 1.82) is 0 Å². The highest BCUT2D eigenvalue weighted by molar-refractivity contribution is 6.06. The molecule has 0 unspecified atom stereocenters. The smallest absolute Gasteiger partial charge is 0.349 e. The van der Waals surface area contributed by atoms with Crippen molar-refractivity contribution in [1.82, 2.24) is 0 Å². The Morgan fingerprint density at radius 1 is 1.05 bits per heavy atom. The molecule has 0 radical (unpaired) electrons. The van der Waals surface area contributed by atoms with Gasteiger partial charge in [0.2, 0.25) is 0 Å². The van der Waals surface area contributed by atoms with Crippen molar-refractivity contribution in [3.63, 3.8) is 0 Å². The number of anilines is 2. The molecule has 1 amide bonds. The Kier molecular flexibility index (Phi) is 3.16. The average molecular weight is 280 g/mol. The summed E-state index contributed by atoms with van der Waals surface area (Å²) in [7, 11) is 0. The maximum Gasteiger partial charge on any atom is 0.349 e. The molecule has 0 aliphatic heterocycles. The van der Waals surface area contributed by atoms with Crippen LogP contribution in [0.3, 0.4) is 0 Å². The van der Waals surface area contributed by atoms with Crippen molar-refractivity contribution in [2.75, 3.05) is 11.1 Å². The van der Waals surface area contributed by atoms with Crippen LogP contribution in [0.4, 0.5) is 11.4 Å². The summed E-state index contributed by atoms with van der Waals surface area (Å²) in [6, 6.07) is 15.3. The van der Waals surface area contributed by atoms with Crippen LogP contribution in [0.5, 0.6) is 0 Å². The van der Waals surface area contributed by atoms with Crippen molar-refractivity contribution in [3.05, 3.63) is 70.6 Å². The lowest BCUT2D eigenvalue weighted by molar-refractivity contribution is 0.102. The summed E-state index contributed by atoms with van der Waals surface area (Å²) in [5, 5.41) is 3.29. The van der Waals surface area contributed by atoms with Crippen LogP contribution in [-0.2, 0) is 0 Å². The Hall–Kier alpha value is -3.08. The molecule has 1 aromatic heterocycles. The summed E-state index contributed by atoms with van der Waals surface area (Å²) in [5.41, 5.74) is 6.34. The number of carbonyl (C=O) groups is 1. The lowest BCUT2D eigenvalue weighted by atomic mass is 10.1. The summed E-state index contributed by atoms with van der Waals surface area (Å²) in [6.07, 6.45) is 0. The van der Waals surface area contributed by atoms with Gasteiger partial charge in [0.25, 0.3) is 5.91 Å². The monoisotopic (exact) mass is 280 g/mol. The first kappa shape index (κ1) is 12.9. The Morgan fingerprint density at radius 3 is 2.57 bits per heavy atom. The molecule has 1 heterocycles. The molecule has 0 aliphatic carbocycles. The highest BCUT2D eigenvalue weighted by Crippen LogP contribution is 2.18. The van der Waals surface area contributed by atoms with Gasteiger partial charge in [0, 0.05) is 5.39 Å². The second kappa shape index (κ2) is 5.13. The highest BCUT2D eigenvalue weighted by Gasteiger charge is 2.14. The van der Waals surface area contributed by atoms with Gasteiger partial charge in [0.1, 0.15) is 11.1 Å². The van der Waals surface area contributed by atoms with Gasteiger partial charge in [-0.05, 0) is 24.3 Å². The number of para-hydroxylation sites is 3. The van der Waals surface area contributed by atoms with E-state index in [1.54, 1.807) is 48.5 Å². The minimum atomic E-state index is -0.680. The first-order valence-electron chi connectivity index (χ1n) is 6.34.